The van der Waals surface area contributed by atoms with E-state index in [1.807, 2.05) is 86.6 Å². The van der Waals surface area contributed by atoms with E-state index in [1.54, 1.807) is 74.1 Å². The van der Waals surface area contributed by atoms with E-state index in [2.05, 4.69) is 20.8 Å². The molecule has 0 radical (unpaired) electrons. The standard InChI is InChI=1S/C34H36F3N3O5.2C32H34F3N3O5/c1-20-31(24-5-3-6-25(17-24)34(35,36)37)45-33(43)40(20)19-28-26(12-14-30(38-28)39-15-4-16-39)27-18-23(11-13-29(27)44-2)21-7-9-22(10-8-21)32(41)42;1-19-28(21-7-5-8-22(16-21)32(33,34)35)43-30(41)38(19)18-25-23(10-12-27(36-25)37-13-6-14-37)24-15-20(9-11-26(24)42-4)17-31(2,3)29(39)40;1-19-29(20-7-5-8-22(15-20)32(33,34)35)43-30(41)38(19)18-25-23(10-12-27(36-25)37-13-6-14-37)24-16-21(9-11-26(24)42-4)31(2,3)17-28(39)40/h3,5-6,11-14,17-18,20-22,31H,4,7-10,15-16,19H2,1-2H3,(H,41,42);5,7-12,15-16,19,28H,6,13-14,17-18H2,1-4H3,(H,39,40);5,7-12,15-16,19,29H,6,13-14,17-18H2,1-4H3,(H,39,40)/t20-,21?,22?,31-;19-,28-;19-,29-/m000/s1. The summed E-state index contributed by atoms with van der Waals surface area (Å²) in [6.07, 6.45) is -12.0. The van der Waals surface area contributed by atoms with E-state index in [0.717, 1.165) is 153 Å². The number of cyclic esters (lactones) is 3. The van der Waals surface area contributed by atoms with Crippen LogP contribution in [-0.4, -0.2) is 160 Å². The van der Waals surface area contributed by atoms with Crippen molar-refractivity contribution in [1.29, 1.82) is 0 Å². The first-order chi connectivity index (χ1) is 62.1. The van der Waals surface area contributed by atoms with Crippen molar-refractivity contribution < 1.29 is 112 Å². The maximum atomic E-state index is 13.4. The second-order valence-electron chi connectivity index (χ2n) is 35.5. The number of ether oxygens (including phenoxy) is 6. The average Bonchev–Trinajstić information content (AvgIpc) is 0.995. The van der Waals surface area contributed by atoms with E-state index >= 15 is 0 Å². The first-order valence-corrected chi connectivity index (χ1v) is 43.5. The van der Waals surface area contributed by atoms with Crippen molar-refractivity contribution in [2.45, 2.75) is 192 Å². The van der Waals surface area contributed by atoms with Crippen molar-refractivity contribution in [3.8, 4) is 50.6 Å². The highest BCUT2D eigenvalue weighted by molar-refractivity contribution is 5.81. The number of anilines is 3. The number of benzene rings is 6. The molecule has 694 valence electrons. The van der Waals surface area contributed by atoms with Crippen molar-refractivity contribution in [3.05, 3.63) is 231 Å². The van der Waals surface area contributed by atoms with Crippen LogP contribution in [0.15, 0.2) is 164 Å². The van der Waals surface area contributed by atoms with Crippen molar-refractivity contribution in [3.63, 3.8) is 0 Å². The molecule has 3 amide bonds. The summed E-state index contributed by atoms with van der Waals surface area (Å²) in [7, 11) is 4.68. The molecule has 0 unspecified atom stereocenters. The lowest BCUT2D eigenvalue weighted by molar-refractivity contribution is -0.147. The van der Waals surface area contributed by atoms with E-state index in [4.69, 9.17) is 43.4 Å². The molecule has 0 spiro atoms. The Kier molecular flexibility index (Phi) is 27.6. The molecule has 131 heavy (non-hydrogen) atoms. The molecule has 16 rings (SSSR count). The van der Waals surface area contributed by atoms with Crippen molar-refractivity contribution in [2.24, 2.45) is 11.3 Å². The minimum atomic E-state index is -4.52. The smallest absolute Gasteiger partial charge is 0.416 e. The van der Waals surface area contributed by atoms with E-state index in [0.29, 0.717) is 69.4 Å². The van der Waals surface area contributed by atoms with Crippen molar-refractivity contribution >= 4 is 53.6 Å². The van der Waals surface area contributed by atoms with Crippen LogP contribution >= 0.6 is 0 Å². The fraction of sp³-hybridized carbons (Fsp3) is 0.418. The third kappa shape index (κ3) is 20.8. The van der Waals surface area contributed by atoms with Gasteiger partial charge >= 0.3 is 54.7 Å². The van der Waals surface area contributed by atoms with Crippen molar-refractivity contribution in [2.75, 3.05) is 75.3 Å². The zero-order chi connectivity index (χ0) is 94.1. The van der Waals surface area contributed by atoms with Crippen LogP contribution in [0.25, 0.3) is 33.4 Å². The molecule has 6 atom stereocenters. The van der Waals surface area contributed by atoms with Crippen LogP contribution in [0.3, 0.4) is 0 Å². The van der Waals surface area contributed by atoms with E-state index < -0.39 is 119 Å². The van der Waals surface area contributed by atoms with Gasteiger partial charge in [0, 0.05) is 78.1 Å². The van der Waals surface area contributed by atoms with Gasteiger partial charge in [-0.25, -0.2) is 29.3 Å². The summed E-state index contributed by atoms with van der Waals surface area (Å²) < 4.78 is 155. The molecule has 3 aromatic heterocycles. The maximum Gasteiger partial charge on any atom is 0.416 e. The SMILES string of the molecule is COc1ccc(C(C)(C)CC(=O)O)cc1-c1ccc(N2CCC2)nc1CN1C(=O)O[C@H](c2cccc(C(F)(F)F)c2)[C@@H]1C.COc1ccc(C2CCC(C(=O)O)CC2)cc1-c1ccc(N2CCC2)nc1CN1C(=O)O[C@H](c2cccc(C(F)(F)F)c2)[C@@H]1C.COc1ccc(CC(C)(C)C(=O)O)cc1-c1ccc(N2CCC2)nc1CN1C(=O)O[C@H](c2cccc(C(F)(F)F)c2)[C@@H]1C. The summed E-state index contributed by atoms with van der Waals surface area (Å²) in [5, 5.41) is 28.6. The number of aliphatic carboxylic acids is 3. The summed E-state index contributed by atoms with van der Waals surface area (Å²) in [6, 6.07) is 41.5. The number of pyridine rings is 3. The molecule has 6 saturated heterocycles. The Labute approximate surface area is 752 Å². The molecule has 24 nitrogen and oxygen atoms in total. The predicted octanol–water partition coefficient (Wildman–Crippen LogP) is 21.0. The Morgan fingerprint density at radius 3 is 1.09 bits per heavy atom. The molecule has 9 heterocycles. The molecule has 1 saturated carbocycles. The first-order valence-electron chi connectivity index (χ1n) is 43.5. The Bertz CT molecular complexity index is 5750. The van der Waals surface area contributed by atoms with Gasteiger partial charge < -0.3 is 58.4 Å². The monoisotopic (exact) mass is 1820 g/mol. The average molecular weight is 1820 g/mol. The number of carbonyl (C=O) groups excluding carboxylic acids is 3. The number of hydrogen-bond donors (Lipinski definition) is 3. The normalized spacial score (nSPS) is 20.4. The van der Waals surface area contributed by atoms with Gasteiger partial charge in [0.15, 0.2) is 0 Å². The Balaban J connectivity index is 0.000000158. The lowest BCUT2D eigenvalue weighted by atomic mass is 9.78. The number of amides is 3. The zero-order valence-electron chi connectivity index (χ0n) is 74.1. The topological polar surface area (TPSA) is 277 Å². The maximum absolute atomic E-state index is 13.4. The van der Waals surface area contributed by atoms with Crippen LogP contribution in [0.1, 0.15) is 191 Å². The lowest BCUT2D eigenvalue weighted by Gasteiger charge is -2.33. The summed E-state index contributed by atoms with van der Waals surface area (Å²) in [5.74, 6) is 1.35. The second kappa shape index (κ2) is 38.3. The highest BCUT2D eigenvalue weighted by atomic mass is 19.4. The number of hydrogen-bond acceptors (Lipinski definition) is 18. The third-order valence-corrected chi connectivity index (χ3v) is 25.9. The molecule has 6 aliphatic heterocycles. The molecule has 0 bridgehead atoms. The number of methoxy groups -OCH3 is 3. The van der Waals surface area contributed by atoms with Gasteiger partial charge in [0.1, 0.15) is 53.0 Å². The largest absolute Gasteiger partial charge is 0.496 e. The van der Waals surface area contributed by atoms with Gasteiger partial charge in [-0.2, -0.15) is 39.5 Å². The number of aromatic nitrogens is 3. The van der Waals surface area contributed by atoms with Crippen LogP contribution in [0.5, 0.6) is 17.2 Å². The Hall–Kier alpha value is -12.8. The summed E-state index contributed by atoms with van der Waals surface area (Å²) >= 11 is 0. The number of rotatable bonds is 26. The fourth-order valence-electron chi connectivity index (χ4n) is 17.7. The van der Waals surface area contributed by atoms with Gasteiger partial charge in [0.2, 0.25) is 0 Å². The summed E-state index contributed by atoms with van der Waals surface area (Å²) in [4.78, 5) is 100. The zero-order valence-corrected chi connectivity index (χ0v) is 74.1. The van der Waals surface area contributed by atoms with E-state index in [9.17, 15) is 83.6 Å². The minimum absolute atomic E-state index is 0.0401. The fourth-order valence-corrected chi connectivity index (χ4v) is 17.7. The van der Waals surface area contributed by atoms with Crippen LogP contribution < -0.4 is 28.9 Å². The van der Waals surface area contributed by atoms with Crippen molar-refractivity contribution in [1.82, 2.24) is 29.7 Å². The molecule has 6 aromatic carbocycles. The number of carbonyl (C=O) groups is 6. The molecule has 3 N–H and O–H groups in total. The molecule has 7 fully saturated rings. The van der Waals surface area contributed by atoms with Crippen LogP contribution in [0, 0.1) is 11.3 Å². The molecular formula is C98H104F9N9O15. The van der Waals surface area contributed by atoms with Gasteiger partial charge in [0.05, 0.1) is 111 Å². The number of nitrogens with zero attached hydrogens (tertiary/aromatic N) is 9. The number of carboxylic acids is 3. The first kappa shape index (κ1) is 94.3. The number of carboxylic acid groups (broad SMARTS) is 3. The molecule has 7 aliphatic rings. The summed E-state index contributed by atoms with van der Waals surface area (Å²) in [6.45, 7) is 17.6. The van der Waals surface area contributed by atoms with Crippen LogP contribution in [0.2, 0.25) is 0 Å². The number of alkyl halides is 9. The lowest BCUT2D eigenvalue weighted by Crippen LogP contribution is -2.38. The molecule has 1 aliphatic carbocycles. The highest BCUT2D eigenvalue weighted by Gasteiger charge is 2.47. The Morgan fingerprint density at radius 1 is 0.412 bits per heavy atom. The minimum Gasteiger partial charge on any atom is -0.496 e. The van der Waals surface area contributed by atoms with Gasteiger partial charge in [-0.1, -0.05) is 68.4 Å². The van der Waals surface area contributed by atoms with Gasteiger partial charge in [0.25, 0.3) is 0 Å². The van der Waals surface area contributed by atoms with E-state index in [1.165, 1.54) is 45.0 Å². The number of halogens is 9. The summed E-state index contributed by atoms with van der Waals surface area (Å²) in [5.41, 5.74) is 5.47. The highest BCUT2D eigenvalue weighted by Crippen LogP contribution is 2.48. The second-order valence-corrected chi connectivity index (χ2v) is 35.5. The van der Waals surface area contributed by atoms with E-state index in [-0.39, 0.29) is 61.0 Å². The Morgan fingerprint density at radius 2 is 0.763 bits per heavy atom. The molecular weight excluding hydrogens is 1710 g/mol. The van der Waals surface area contributed by atoms with Gasteiger partial charge in [-0.15, -0.1) is 0 Å². The molecule has 9 aromatic rings. The van der Waals surface area contributed by atoms with Crippen LogP contribution in [-0.2, 0) is 78.6 Å². The van der Waals surface area contributed by atoms with Gasteiger partial charge in [-0.05, 0) is 234 Å². The predicted molar refractivity (Wildman–Crippen MR) is 469 cm³/mol. The van der Waals surface area contributed by atoms with Crippen LogP contribution in [0.4, 0.5) is 71.4 Å². The quantitative estimate of drug-likeness (QED) is 0.0335. The molecule has 33 heteroatoms. The van der Waals surface area contributed by atoms with Gasteiger partial charge in [-0.3, -0.25) is 29.1 Å². The third-order valence-electron chi connectivity index (χ3n) is 25.9.